The molecule has 0 spiro atoms. The van der Waals surface area contributed by atoms with E-state index in [9.17, 15) is 9.36 Å². The Morgan fingerprint density at radius 1 is 1.37 bits per heavy atom. The number of hydrogen-bond donors (Lipinski definition) is 0. The fourth-order valence-corrected chi connectivity index (χ4v) is 4.20. The first-order valence-corrected chi connectivity index (χ1v) is 10.6. The molecule has 1 rings (SSSR count). The summed E-state index contributed by atoms with van der Waals surface area (Å²) < 4.78 is 27.3. The summed E-state index contributed by atoms with van der Waals surface area (Å²) in [6.45, 7) is 0.179. The van der Waals surface area contributed by atoms with E-state index in [0.29, 0.717) is 0 Å². The van der Waals surface area contributed by atoms with Crippen LogP contribution in [0.3, 0.4) is 0 Å². The van der Waals surface area contributed by atoms with E-state index in [1.807, 2.05) is 0 Å². The third-order valence-electron chi connectivity index (χ3n) is 1.98. The van der Waals surface area contributed by atoms with Crippen LogP contribution in [0.4, 0.5) is 0 Å². The predicted molar refractivity (Wildman–Crippen MR) is 75.6 cm³/mol. The fraction of sp³-hybridized carbons (Fsp3) is 0.364. The number of carbonyl (C=O) groups is 1. The Morgan fingerprint density at radius 3 is 2.53 bits per heavy atom. The van der Waals surface area contributed by atoms with Crippen LogP contribution in [0.1, 0.15) is 24.2 Å². The summed E-state index contributed by atoms with van der Waals surface area (Å²) >= 11 is 2.07. The molecular formula is C11H14AsO5PS. The van der Waals surface area contributed by atoms with Crippen molar-refractivity contribution in [1.82, 2.24) is 0 Å². The van der Waals surface area contributed by atoms with Crippen molar-refractivity contribution in [3.63, 3.8) is 0 Å². The molecule has 0 aliphatic rings. The summed E-state index contributed by atoms with van der Waals surface area (Å²) in [7, 11) is 2.19. The molecule has 1 unspecified atom stereocenters. The normalized spacial score (nSPS) is 13.9. The molecule has 0 fully saturated rings. The standard InChI is InChI=1S/C11H14AsO5PS/c1-8(2)16-11(13)9-6-4-5-7-10(9)17-18(14,15-3)19-12/h4-8H,1-3H3. The van der Waals surface area contributed by atoms with E-state index < -0.39 is 12.8 Å². The van der Waals surface area contributed by atoms with Gasteiger partial charge >= 0.3 is 124 Å². The number of rotatable bonds is 6. The molecule has 0 saturated carbocycles. The molecule has 0 saturated heterocycles. The Balaban J connectivity index is 3.02. The summed E-state index contributed by atoms with van der Waals surface area (Å²) in [5.41, 5.74) is 0.218. The first-order valence-electron chi connectivity index (χ1n) is 5.40. The maximum absolute atomic E-state index is 12.1. The van der Waals surface area contributed by atoms with Crippen molar-refractivity contribution in [1.29, 1.82) is 0 Å². The maximum atomic E-state index is 12.1. The summed E-state index contributed by atoms with van der Waals surface area (Å²) in [4.78, 5) is 11.9. The van der Waals surface area contributed by atoms with Crippen molar-refractivity contribution in [2.75, 3.05) is 7.11 Å². The van der Waals surface area contributed by atoms with Gasteiger partial charge in [0.25, 0.3) is 0 Å². The van der Waals surface area contributed by atoms with Crippen LogP contribution in [0.2, 0.25) is 0 Å². The molecule has 0 bridgehead atoms. The summed E-state index contributed by atoms with van der Waals surface area (Å²) in [6, 6.07) is 6.45. The van der Waals surface area contributed by atoms with Crippen LogP contribution in [0.5, 0.6) is 5.75 Å². The molecule has 1 aromatic carbocycles. The van der Waals surface area contributed by atoms with Gasteiger partial charge in [0.05, 0.1) is 0 Å². The van der Waals surface area contributed by atoms with Gasteiger partial charge in [-0.05, 0) is 0 Å². The molecule has 0 amide bonds. The number of esters is 1. The van der Waals surface area contributed by atoms with Crippen molar-refractivity contribution < 1.29 is 23.1 Å². The minimum absolute atomic E-state index is 0.178. The van der Waals surface area contributed by atoms with Crippen LogP contribution in [-0.4, -0.2) is 34.9 Å². The summed E-state index contributed by atoms with van der Waals surface area (Å²) in [5, 5.41) is 0. The van der Waals surface area contributed by atoms with Gasteiger partial charge in [-0.1, -0.05) is 0 Å². The molecule has 2 radical (unpaired) electrons. The number of para-hydroxylation sites is 1. The first kappa shape index (κ1) is 16.6. The molecule has 5 nitrogen and oxygen atoms in total. The van der Waals surface area contributed by atoms with Crippen LogP contribution >= 0.6 is 16.4 Å². The van der Waals surface area contributed by atoms with Gasteiger partial charge in [0.2, 0.25) is 0 Å². The second kappa shape index (κ2) is 7.39. The monoisotopic (exact) mass is 364 g/mol. The van der Waals surface area contributed by atoms with Gasteiger partial charge < -0.3 is 0 Å². The zero-order valence-electron chi connectivity index (χ0n) is 10.7. The van der Waals surface area contributed by atoms with Crippen molar-refractivity contribution >= 4 is 38.1 Å². The molecule has 1 aromatic rings. The molecule has 0 heterocycles. The molecule has 0 aliphatic heterocycles. The number of carbonyl (C=O) groups excluding carboxylic acids is 1. The van der Waals surface area contributed by atoms with Gasteiger partial charge in [-0.3, -0.25) is 0 Å². The minimum atomic E-state index is -3.32. The summed E-state index contributed by atoms with van der Waals surface area (Å²) in [5.74, 6) is -0.347. The zero-order chi connectivity index (χ0) is 14.5. The average molecular weight is 364 g/mol. The molecule has 8 heteroatoms. The van der Waals surface area contributed by atoms with Gasteiger partial charge in [-0.2, -0.15) is 0 Å². The van der Waals surface area contributed by atoms with Crippen molar-refractivity contribution in [3.05, 3.63) is 29.8 Å². The van der Waals surface area contributed by atoms with E-state index in [-0.39, 0.29) is 17.4 Å². The van der Waals surface area contributed by atoms with Crippen LogP contribution in [0, 0.1) is 0 Å². The van der Waals surface area contributed by atoms with Crippen LogP contribution in [0.15, 0.2) is 24.3 Å². The number of ether oxygens (including phenoxy) is 1. The van der Waals surface area contributed by atoms with E-state index in [4.69, 9.17) is 13.8 Å². The van der Waals surface area contributed by atoms with Gasteiger partial charge in [0, 0.05) is 0 Å². The van der Waals surface area contributed by atoms with E-state index >= 15 is 0 Å². The van der Waals surface area contributed by atoms with E-state index in [1.54, 1.807) is 38.1 Å². The number of hydrogen-bond acceptors (Lipinski definition) is 6. The molecule has 104 valence electrons. The van der Waals surface area contributed by atoms with E-state index in [0.717, 1.165) is 9.64 Å². The fourth-order valence-electron chi connectivity index (χ4n) is 1.20. The third-order valence-corrected chi connectivity index (χ3v) is 8.10. The topological polar surface area (TPSA) is 61.8 Å². The van der Waals surface area contributed by atoms with Gasteiger partial charge in [0.1, 0.15) is 0 Å². The third kappa shape index (κ3) is 4.88. The van der Waals surface area contributed by atoms with Crippen molar-refractivity contribution in [2.45, 2.75) is 20.0 Å². The molecule has 0 aliphatic carbocycles. The van der Waals surface area contributed by atoms with Gasteiger partial charge in [0.15, 0.2) is 0 Å². The Hall–Kier alpha value is -0.412. The molecular weight excluding hydrogens is 350 g/mol. The Kier molecular flexibility index (Phi) is 6.47. The van der Waals surface area contributed by atoms with E-state index in [2.05, 4.69) is 15.7 Å². The van der Waals surface area contributed by atoms with Crippen molar-refractivity contribution in [2.24, 2.45) is 0 Å². The van der Waals surface area contributed by atoms with Crippen LogP contribution in [-0.2, 0) is 13.8 Å². The zero-order valence-corrected chi connectivity index (χ0v) is 14.3. The van der Waals surface area contributed by atoms with Gasteiger partial charge in [-0.15, -0.1) is 0 Å². The SMILES string of the molecule is COP(=O)(Oc1ccccc1C(=O)OC(C)C)S[As]. The first-order chi connectivity index (χ1) is 8.91. The van der Waals surface area contributed by atoms with Crippen LogP contribution in [0.25, 0.3) is 0 Å². The predicted octanol–water partition coefficient (Wildman–Crippen LogP) is 3.20. The van der Waals surface area contributed by atoms with Gasteiger partial charge in [-0.25, -0.2) is 0 Å². The Labute approximate surface area is 124 Å². The summed E-state index contributed by atoms with van der Waals surface area (Å²) in [6.07, 6.45) is -0.244. The Bertz CT molecular complexity index is 486. The second-order valence-corrected chi connectivity index (χ2v) is 10.3. The van der Waals surface area contributed by atoms with E-state index in [1.165, 1.54) is 7.11 Å². The molecule has 1 atom stereocenters. The number of benzene rings is 1. The van der Waals surface area contributed by atoms with Crippen molar-refractivity contribution in [3.8, 4) is 5.75 Å². The van der Waals surface area contributed by atoms with Crippen LogP contribution < -0.4 is 4.52 Å². The molecule has 0 N–H and O–H groups in total. The molecule has 19 heavy (non-hydrogen) atoms. The second-order valence-electron chi connectivity index (χ2n) is 3.75. The Morgan fingerprint density at radius 2 is 2.00 bits per heavy atom. The quantitative estimate of drug-likeness (QED) is 0.439. The molecule has 0 aromatic heterocycles. The average Bonchev–Trinajstić information content (AvgIpc) is 2.38.